The summed E-state index contributed by atoms with van der Waals surface area (Å²) >= 11 is 0. The van der Waals surface area contributed by atoms with Gasteiger partial charge in [-0.25, -0.2) is 0 Å². The van der Waals surface area contributed by atoms with Gasteiger partial charge in [0.25, 0.3) is 0 Å². The molecule has 0 aromatic heterocycles. The molecule has 0 bridgehead atoms. The quantitative estimate of drug-likeness (QED) is 0.800. The fraction of sp³-hybridized carbons (Fsp3) is 1.00. The zero-order chi connectivity index (χ0) is 11.6. The van der Waals surface area contributed by atoms with Gasteiger partial charge in [-0.1, -0.05) is 26.2 Å². The first-order chi connectivity index (χ1) is 7.61. The Labute approximate surface area is 99.9 Å². The Morgan fingerprint density at radius 2 is 2.12 bits per heavy atom. The number of hydrogen-bond acceptors (Lipinski definition) is 2. The molecule has 1 aliphatic heterocycles. The van der Waals surface area contributed by atoms with E-state index < -0.39 is 0 Å². The maximum Gasteiger partial charge on any atom is 0.0597 e. The summed E-state index contributed by atoms with van der Waals surface area (Å²) in [4.78, 5) is 0. The van der Waals surface area contributed by atoms with Gasteiger partial charge in [-0.3, -0.25) is 0 Å². The standard InChI is InChI=1S/C14H27NO/c1-3-12-5-4-8-14(15,9-12)10-13-7-6-11(2)16-13/h11-13H,3-10,15H2,1-2H3. The fourth-order valence-electron chi connectivity index (χ4n) is 3.54. The lowest BCUT2D eigenvalue weighted by Crippen LogP contribution is -2.46. The summed E-state index contributed by atoms with van der Waals surface area (Å²) in [6.45, 7) is 4.48. The molecule has 94 valence electrons. The van der Waals surface area contributed by atoms with Crippen molar-refractivity contribution in [1.29, 1.82) is 0 Å². The third-order valence-electron chi connectivity index (χ3n) is 4.51. The van der Waals surface area contributed by atoms with Gasteiger partial charge in [0.05, 0.1) is 12.2 Å². The van der Waals surface area contributed by atoms with E-state index in [9.17, 15) is 0 Å². The second-order valence-electron chi connectivity index (χ2n) is 6.08. The monoisotopic (exact) mass is 225 g/mol. The number of rotatable bonds is 3. The van der Waals surface area contributed by atoms with E-state index in [1.54, 1.807) is 0 Å². The van der Waals surface area contributed by atoms with E-state index in [0.717, 1.165) is 12.3 Å². The van der Waals surface area contributed by atoms with Gasteiger partial charge in [0.2, 0.25) is 0 Å². The molecule has 2 N–H and O–H groups in total. The minimum Gasteiger partial charge on any atom is -0.375 e. The molecule has 2 aliphatic rings. The Kier molecular flexibility index (Phi) is 3.91. The number of nitrogens with two attached hydrogens (primary N) is 1. The second-order valence-corrected chi connectivity index (χ2v) is 6.08. The summed E-state index contributed by atoms with van der Waals surface area (Å²) in [7, 11) is 0. The van der Waals surface area contributed by atoms with E-state index >= 15 is 0 Å². The predicted octanol–water partition coefficient (Wildman–Crippen LogP) is 3.24. The normalized spacial score (nSPS) is 44.8. The van der Waals surface area contributed by atoms with Gasteiger partial charge < -0.3 is 10.5 Å². The number of ether oxygens (including phenoxy) is 1. The average molecular weight is 225 g/mol. The van der Waals surface area contributed by atoms with Crippen LogP contribution >= 0.6 is 0 Å². The first-order valence-corrected chi connectivity index (χ1v) is 7.05. The van der Waals surface area contributed by atoms with Crippen molar-refractivity contribution in [2.24, 2.45) is 11.7 Å². The highest BCUT2D eigenvalue weighted by Gasteiger charge is 2.36. The van der Waals surface area contributed by atoms with E-state index in [1.165, 1.54) is 44.9 Å². The molecule has 2 rings (SSSR count). The van der Waals surface area contributed by atoms with Crippen molar-refractivity contribution < 1.29 is 4.74 Å². The van der Waals surface area contributed by atoms with Crippen molar-refractivity contribution in [1.82, 2.24) is 0 Å². The summed E-state index contributed by atoms with van der Waals surface area (Å²) in [6.07, 6.45) is 10.9. The van der Waals surface area contributed by atoms with Crippen molar-refractivity contribution >= 4 is 0 Å². The number of hydrogen-bond donors (Lipinski definition) is 1. The minimum absolute atomic E-state index is 0.0770. The maximum absolute atomic E-state index is 6.57. The molecule has 16 heavy (non-hydrogen) atoms. The van der Waals surface area contributed by atoms with Crippen molar-refractivity contribution in [3.63, 3.8) is 0 Å². The van der Waals surface area contributed by atoms with Gasteiger partial charge in [-0.05, 0) is 44.9 Å². The zero-order valence-corrected chi connectivity index (χ0v) is 10.9. The maximum atomic E-state index is 6.57. The Bertz CT molecular complexity index is 231. The molecule has 0 aromatic carbocycles. The van der Waals surface area contributed by atoms with Crippen LogP contribution in [0, 0.1) is 5.92 Å². The van der Waals surface area contributed by atoms with Crippen molar-refractivity contribution in [2.45, 2.75) is 83.0 Å². The van der Waals surface area contributed by atoms with Gasteiger partial charge in [0.1, 0.15) is 0 Å². The van der Waals surface area contributed by atoms with Gasteiger partial charge >= 0.3 is 0 Å². The zero-order valence-electron chi connectivity index (χ0n) is 10.9. The van der Waals surface area contributed by atoms with Gasteiger partial charge in [0.15, 0.2) is 0 Å². The van der Waals surface area contributed by atoms with Crippen LogP contribution in [0.3, 0.4) is 0 Å². The molecule has 2 nitrogen and oxygen atoms in total. The Balaban J connectivity index is 1.86. The Morgan fingerprint density at radius 3 is 2.75 bits per heavy atom. The molecule has 1 aliphatic carbocycles. The van der Waals surface area contributed by atoms with Crippen LogP contribution in [0.2, 0.25) is 0 Å². The second kappa shape index (κ2) is 5.05. The van der Waals surface area contributed by atoms with Gasteiger partial charge in [0, 0.05) is 5.54 Å². The van der Waals surface area contributed by atoms with Crippen LogP contribution in [0.15, 0.2) is 0 Å². The third-order valence-corrected chi connectivity index (χ3v) is 4.51. The smallest absolute Gasteiger partial charge is 0.0597 e. The Hall–Kier alpha value is -0.0800. The SMILES string of the molecule is CCC1CCCC(N)(CC2CCC(C)O2)C1. The molecule has 1 saturated carbocycles. The van der Waals surface area contributed by atoms with Crippen LogP contribution in [-0.2, 0) is 4.74 Å². The van der Waals surface area contributed by atoms with Gasteiger partial charge in [-0.2, -0.15) is 0 Å². The molecular formula is C14H27NO. The fourth-order valence-corrected chi connectivity index (χ4v) is 3.54. The molecule has 0 spiro atoms. The molecule has 0 amide bonds. The first-order valence-electron chi connectivity index (χ1n) is 7.05. The largest absolute Gasteiger partial charge is 0.375 e. The van der Waals surface area contributed by atoms with Crippen molar-refractivity contribution in [3.05, 3.63) is 0 Å². The molecule has 2 heteroatoms. The van der Waals surface area contributed by atoms with Crippen LogP contribution in [0.4, 0.5) is 0 Å². The average Bonchev–Trinajstić information content (AvgIpc) is 2.63. The summed E-state index contributed by atoms with van der Waals surface area (Å²) in [5.74, 6) is 0.859. The van der Waals surface area contributed by atoms with Crippen LogP contribution in [0.25, 0.3) is 0 Å². The summed E-state index contributed by atoms with van der Waals surface area (Å²) < 4.78 is 5.92. The van der Waals surface area contributed by atoms with E-state index in [2.05, 4.69) is 13.8 Å². The highest BCUT2D eigenvalue weighted by molar-refractivity contribution is 4.93. The molecule has 1 saturated heterocycles. The highest BCUT2D eigenvalue weighted by Crippen LogP contribution is 2.37. The molecule has 4 atom stereocenters. The van der Waals surface area contributed by atoms with Crippen LogP contribution in [-0.4, -0.2) is 17.7 Å². The van der Waals surface area contributed by atoms with Crippen LogP contribution < -0.4 is 5.73 Å². The molecule has 0 aromatic rings. The summed E-state index contributed by atoms with van der Waals surface area (Å²) in [6, 6.07) is 0. The van der Waals surface area contributed by atoms with E-state index in [4.69, 9.17) is 10.5 Å². The van der Waals surface area contributed by atoms with E-state index in [-0.39, 0.29) is 5.54 Å². The Morgan fingerprint density at radius 1 is 1.31 bits per heavy atom. The topological polar surface area (TPSA) is 35.2 Å². The molecular weight excluding hydrogens is 198 g/mol. The van der Waals surface area contributed by atoms with Crippen molar-refractivity contribution in [3.8, 4) is 0 Å². The highest BCUT2D eigenvalue weighted by atomic mass is 16.5. The van der Waals surface area contributed by atoms with Crippen LogP contribution in [0.1, 0.15) is 65.2 Å². The molecule has 4 unspecified atom stereocenters. The van der Waals surface area contributed by atoms with Gasteiger partial charge in [-0.15, -0.1) is 0 Å². The lowest BCUT2D eigenvalue weighted by atomic mass is 9.72. The summed E-state index contributed by atoms with van der Waals surface area (Å²) in [5, 5.41) is 0. The third kappa shape index (κ3) is 2.98. The van der Waals surface area contributed by atoms with Crippen LogP contribution in [0.5, 0.6) is 0 Å². The molecule has 0 radical (unpaired) electrons. The first kappa shape index (κ1) is 12.4. The lowest BCUT2D eigenvalue weighted by molar-refractivity contribution is 0.0273. The van der Waals surface area contributed by atoms with Crippen molar-refractivity contribution in [2.75, 3.05) is 0 Å². The minimum atomic E-state index is 0.0770. The lowest BCUT2D eigenvalue weighted by Gasteiger charge is -2.39. The molecule has 1 heterocycles. The van der Waals surface area contributed by atoms with E-state index in [0.29, 0.717) is 12.2 Å². The molecule has 2 fully saturated rings. The van der Waals surface area contributed by atoms with E-state index in [1.807, 2.05) is 0 Å². The summed E-state index contributed by atoms with van der Waals surface area (Å²) in [5.41, 5.74) is 6.65. The predicted molar refractivity (Wildman–Crippen MR) is 67.4 cm³/mol.